The van der Waals surface area contributed by atoms with Gasteiger partial charge in [0.2, 0.25) is 0 Å². The van der Waals surface area contributed by atoms with Crippen LogP contribution in [0.3, 0.4) is 0 Å². The highest BCUT2D eigenvalue weighted by Gasteiger charge is 2.11. The van der Waals surface area contributed by atoms with E-state index in [2.05, 4.69) is 20.3 Å². The normalized spacial score (nSPS) is 12.8. The summed E-state index contributed by atoms with van der Waals surface area (Å²) in [5, 5.41) is 3.24. The van der Waals surface area contributed by atoms with Gasteiger partial charge in [-0.15, -0.1) is 0 Å². The molecule has 110 valence electrons. The van der Waals surface area contributed by atoms with E-state index >= 15 is 0 Å². The van der Waals surface area contributed by atoms with Crippen LogP contribution < -0.4 is 11.0 Å². The lowest BCUT2D eigenvalue weighted by molar-refractivity contribution is 0.604. The van der Waals surface area contributed by atoms with Gasteiger partial charge in [-0.2, -0.15) is 4.98 Å². The molecule has 0 aliphatic rings. The number of aromatic amines is 2. The van der Waals surface area contributed by atoms with Crippen LogP contribution in [-0.4, -0.2) is 15.0 Å². The molecule has 2 heterocycles. The Morgan fingerprint density at radius 1 is 1.14 bits per heavy atom. The van der Waals surface area contributed by atoms with Gasteiger partial charge in [-0.3, -0.25) is 0 Å². The molecule has 0 saturated carbocycles. The minimum Gasteiger partial charge on any atom is -0.424 e. The summed E-state index contributed by atoms with van der Waals surface area (Å²) in [5.74, 6) is 0. The molecular weight excluding hydrogens is 280 g/mol. The molecule has 0 radical (unpaired) electrons. The number of hydrogen-bond acceptors (Lipinski definition) is 4. The van der Waals surface area contributed by atoms with Crippen LogP contribution in [-0.2, 0) is 0 Å². The van der Waals surface area contributed by atoms with Gasteiger partial charge in [0.1, 0.15) is 5.52 Å². The Kier molecular flexibility index (Phi) is 2.75. The van der Waals surface area contributed by atoms with E-state index in [0.717, 1.165) is 27.7 Å². The summed E-state index contributed by atoms with van der Waals surface area (Å²) in [7, 11) is 0. The van der Waals surface area contributed by atoms with Crippen LogP contribution in [0.4, 0.5) is 6.01 Å². The van der Waals surface area contributed by atoms with Crippen molar-refractivity contribution in [3.05, 3.63) is 58.5 Å². The van der Waals surface area contributed by atoms with Crippen LogP contribution >= 0.6 is 0 Å². The van der Waals surface area contributed by atoms with Crippen LogP contribution in [0.5, 0.6) is 0 Å². The first-order valence-electron chi connectivity index (χ1n) is 7.03. The molecule has 0 amide bonds. The van der Waals surface area contributed by atoms with Crippen LogP contribution in [0.25, 0.3) is 22.1 Å². The second-order valence-corrected chi connectivity index (χ2v) is 5.24. The van der Waals surface area contributed by atoms with Crippen molar-refractivity contribution in [2.75, 3.05) is 5.32 Å². The number of aromatic nitrogens is 3. The van der Waals surface area contributed by atoms with E-state index in [-0.39, 0.29) is 11.7 Å². The Bertz CT molecular complexity index is 979. The zero-order valence-corrected chi connectivity index (χ0v) is 11.9. The molecule has 0 bridgehead atoms. The van der Waals surface area contributed by atoms with Crippen LogP contribution in [0, 0.1) is 0 Å². The number of nitrogens with one attached hydrogen (secondary N) is 3. The average Bonchev–Trinajstić information content (AvgIpc) is 3.07. The van der Waals surface area contributed by atoms with Crippen molar-refractivity contribution in [1.82, 2.24) is 15.0 Å². The van der Waals surface area contributed by atoms with E-state index < -0.39 is 0 Å². The number of imidazole rings is 1. The molecular formula is C16H14N4O2. The van der Waals surface area contributed by atoms with Gasteiger partial charge in [0.15, 0.2) is 5.58 Å². The molecule has 0 unspecified atom stereocenters. The fourth-order valence-corrected chi connectivity index (χ4v) is 2.52. The lowest BCUT2D eigenvalue weighted by atomic mass is 10.1. The first-order valence-corrected chi connectivity index (χ1v) is 7.03. The third kappa shape index (κ3) is 2.14. The predicted molar refractivity (Wildman–Crippen MR) is 85.0 cm³/mol. The molecule has 0 spiro atoms. The van der Waals surface area contributed by atoms with Gasteiger partial charge < -0.3 is 19.7 Å². The van der Waals surface area contributed by atoms with Gasteiger partial charge in [0.25, 0.3) is 6.01 Å². The van der Waals surface area contributed by atoms with Gasteiger partial charge >= 0.3 is 5.69 Å². The van der Waals surface area contributed by atoms with Crippen LogP contribution in [0.1, 0.15) is 18.5 Å². The van der Waals surface area contributed by atoms with Gasteiger partial charge in [-0.25, -0.2) is 4.79 Å². The molecule has 2 aromatic heterocycles. The molecule has 2 aromatic carbocycles. The fraction of sp³-hybridized carbons (Fsp3) is 0.125. The zero-order valence-electron chi connectivity index (χ0n) is 11.9. The van der Waals surface area contributed by atoms with E-state index in [1.54, 1.807) is 0 Å². The van der Waals surface area contributed by atoms with Gasteiger partial charge in [-0.05, 0) is 36.8 Å². The SMILES string of the molecule is C[C@H](Nc1nc2ccccc2o1)c1ccc2[nH]c(=O)[nH]c2c1. The van der Waals surface area contributed by atoms with Gasteiger partial charge in [0, 0.05) is 0 Å². The first kappa shape index (κ1) is 12.7. The maximum Gasteiger partial charge on any atom is 0.323 e. The molecule has 0 saturated heterocycles. The summed E-state index contributed by atoms with van der Waals surface area (Å²) in [6.07, 6.45) is 0. The molecule has 0 aliphatic heterocycles. The second kappa shape index (κ2) is 4.77. The van der Waals surface area contributed by atoms with Crippen molar-refractivity contribution >= 4 is 28.1 Å². The first-order chi connectivity index (χ1) is 10.7. The molecule has 22 heavy (non-hydrogen) atoms. The number of nitrogens with zero attached hydrogens (tertiary/aromatic N) is 1. The fourth-order valence-electron chi connectivity index (χ4n) is 2.52. The largest absolute Gasteiger partial charge is 0.424 e. The van der Waals surface area contributed by atoms with Gasteiger partial charge in [-0.1, -0.05) is 18.2 Å². The average molecular weight is 294 g/mol. The van der Waals surface area contributed by atoms with Crippen molar-refractivity contribution in [3.8, 4) is 0 Å². The Morgan fingerprint density at radius 2 is 1.95 bits per heavy atom. The molecule has 1 atom stereocenters. The molecule has 6 nitrogen and oxygen atoms in total. The molecule has 4 aromatic rings. The summed E-state index contributed by atoms with van der Waals surface area (Å²) in [6, 6.07) is 13.9. The number of hydrogen-bond donors (Lipinski definition) is 3. The Balaban J connectivity index is 1.64. The number of rotatable bonds is 3. The lowest BCUT2D eigenvalue weighted by Crippen LogP contribution is -2.06. The Labute approximate surface area is 125 Å². The highest BCUT2D eigenvalue weighted by atomic mass is 16.4. The van der Waals surface area contributed by atoms with Crippen molar-refractivity contribution < 1.29 is 4.42 Å². The number of anilines is 1. The summed E-state index contributed by atoms with van der Waals surface area (Å²) >= 11 is 0. The number of fused-ring (bicyclic) bond motifs is 2. The second-order valence-electron chi connectivity index (χ2n) is 5.24. The maximum absolute atomic E-state index is 11.3. The van der Waals surface area contributed by atoms with Crippen molar-refractivity contribution in [2.24, 2.45) is 0 Å². The third-order valence-corrected chi connectivity index (χ3v) is 3.67. The number of oxazole rings is 1. The monoisotopic (exact) mass is 294 g/mol. The van der Waals surface area contributed by atoms with Crippen LogP contribution in [0.2, 0.25) is 0 Å². The van der Waals surface area contributed by atoms with E-state index in [0.29, 0.717) is 6.01 Å². The van der Waals surface area contributed by atoms with Crippen LogP contribution in [0.15, 0.2) is 51.7 Å². The van der Waals surface area contributed by atoms with E-state index in [9.17, 15) is 4.79 Å². The van der Waals surface area contributed by atoms with E-state index in [1.165, 1.54) is 0 Å². The molecule has 6 heteroatoms. The minimum atomic E-state index is -0.202. The third-order valence-electron chi connectivity index (χ3n) is 3.67. The molecule has 3 N–H and O–H groups in total. The highest BCUT2D eigenvalue weighted by molar-refractivity contribution is 5.76. The number of para-hydroxylation sites is 2. The molecule has 4 rings (SSSR count). The Hall–Kier alpha value is -3.02. The van der Waals surface area contributed by atoms with E-state index in [1.807, 2.05) is 49.4 Å². The maximum atomic E-state index is 11.3. The van der Waals surface area contributed by atoms with Crippen molar-refractivity contribution in [3.63, 3.8) is 0 Å². The summed E-state index contributed by atoms with van der Waals surface area (Å²) in [6.45, 7) is 2.01. The smallest absolute Gasteiger partial charge is 0.323 e. The minimum absolute atomic E-state index is 0.00383. The quantitative estimate of drug-likeness (QED) is 0.541. The molecule has 0 aliphatic carbocycles. The molecule has 0 fully saturated rings. The predicted octanol–water partition coefficient (Wildman–Crippen LogP) is 3.17. The van der Waals surface area contributed by atoms with Gasteiger partial charge in [0.05, 0.1) is 17.1 Å². The highest BCUT2D eigenvalue weighted by Crippen LogP contribution is 2.24. The van der Waals surface area contributed by atoms with Crippen molar-refractivity contribution in [2.45, 2.75) is 13.0 Å². The number of benzene rings is 2. The lowest BCUT2D eigenvalue weighted by Gasteiger charge is -2.12. The Morgan fingerprint density at radius 3 is 2.82 bits per heavy atom. The number of H-pyrrole nitrogens is 2. The standard InChI is InChI=1S/C16H14N4O2/c1-9(10-6-7-11-13(8-10)19-15(21)18-11)17-16-20-12-4-2-3-5-14(12)22-16/h2-9H,1H3,(H,17,20)(H2,18,19,21)/t9-/m0/s1. The topological polar surface area (TPSA) is 86.7 Å². The summed E-state index contributed by atoms with van der Waals surface area (Å²) in [4.78, 5) is 21.2. The summed E-state index contributed by atoms with van der Waals surface area (Å²) < 4.78 is 5.67. The van der Waals surface area contributed by atoms with Crippen molar-refractivity contribution in [1.29, 1.82) is 0 Å². The summed E-state index contributed by atoms with van der Waals surface area (Å²) in [5.41, 5.74) is 3.98. The van der Waals surface area contributed by atoms with E-state index in [4.69, 9.17) is 4.42 Å². The zero-order chi connectivity index (χ0) is 15.1.